The number of nitrogens with zero attached hydrogens (tertiary/aromatic N) is 2. The van der Waals surface area contributed by atoms with Gasteiger partial charge in [0.05, 0.1) is 30.6 Å². The Kier molecular flexibility index (Phi) is 5.95. The number of ether oxygens (including phenoxy) is 1. The number of carbonyl (C=O) groups is 2. The van der Waals surface area contributed by atoms with Crippen LogP contribution in [0.5, 0.6) is 0 Å². The molecular weight excluding hydrogens is 368 g/mol. The number of benzene rings is 2. The number of likely N-dealkylation sites (tertiary alicyclic amines) is 1. The molecule has 2 aliphatic rings. The Bertz CT molecular complexity index is 852. The highest BCUT2D eigenvalue weighted by atomic mass is 16.5. The number of rotatable bonds is 5. The highest BCUT2D eigenvalue weighted by Crippen LogP contribution is 2.26. The molecule has 2 aromatic rings. The average molecular weight is 394 g/mol. The molecule has 2 aromatic carbocycles. The van der Waals surface area contributed by atoms with E-state index in [4.69, 9.17) is 4.74 Å². The van der Waals surface area contributed by atoms with Crippen LogP contribution in [0, 0.1) is 0 Å². The summed E-state index contributed by atoms with van der Waals surface area (Å²) in [4.78, 5) is 28.9. The maximum atomic E-state index is 12.6. The molecule has 2 aliphatic heterocycles. The first-order valence-corrected chi connectivity index (χ1v) is 10.00. The van der Waals surface area contributed by atoms with Crippen molar-refractivity contribution in [3.8, 4) is 0 Å². The zero-order valence-corrected chi connectivity index (χ0v) is 16.3. The number of anilines is 2. The Labute approximate surface area is 170 Å². The van der Waals surface area contributed by atoms with Gasteiger partial charge in [0, 0.05) is 32.6 Å². The molecule has 1 unspecified atom stereocenters. The normalized spacial score (nSPS) is 19.3. The van der Waals surface area contributed by atoms with Gasteiger partial charge in [-0.1, -0.05) is 42.5 Å². The van der Waals surface area contributed by atoms with Gasteiger partial charge in [-0.05, 0) is 17.7 Å². The SMILES string of the molecule is O=C(Nc1ccccc1N1CCOCC1)NC1CC(=O)N(Cc2ccccc2)C1. The average Bonchev–Trinajstić information content (AvgIpc) is 3.08. The van der Waals surface area contributed by atoms with Gasteiger partial charge < -0.3 is 25.2 Å². The second-order valence-electron chi connectivity index (χ2n) is 7.38. The first-order valence-electron chi connectivity index (χ1n) is 10.00. The van der Waals surface area contributed by atoms with Crippen molar-refractivity contribution in [1.29, 1.82) is 0 Å². The lowest BCUT2D eigenvalue weighted by molar-refractivity contribution is -0.128. The topological polar surface area (TPSA) is 73.9 Å². The van der Waals surface area contributed by atoms with Gasteiger partial charge in [-0.2, -0.15) is 0 Å². The summed E-state index contributed by atoms with van der Waals surface area (Å²) in [5.74, 6) is 0.0628. The van der Waals surface area contributed by atoms with Crippen molar-refractivity contribution in [2.75, 3.05) is 43.1 Å². The fourth-order valence-electron chi connectivity index (χ4n) is 3.83. The summed E-state index contributed by atoms with van der Waals surface area (Å²) in [6.45, 7) is 4.05. The monoisotopic (exact) mass is 394 g/mol. The number of hydrogen-bond donors (Lipinski definition) is 2. The number of morpholine rings is 1. The van der Waals surface area contributed by atoms with E-state index in [1.165, 1.54) is 0 Å². The van der Waals surface area contributed by atoms with Crippen LogP contribution in [-0.4, -0.2) is 55.7 Å². The van der Waals surface area contributed by atoms with Crippen LogP contribution in [0.25, 0.3) is 0 Å². The largest absolute Gasteiger partial charge is 0.378 e. The molecule has 0 saturated carbocycles. The molecule has 0 spiro atoms. The van der Waals surface area contributed by atoms with E-state index in [0.29, 0.717) is 32.7 Å². The van der Waals surface area contributed by atoms with Crippen molar-refractivity contribution >= 4 is 23.3 Å². The summed E-state index contributed by atoms with van der Waals surface area (Å²) in [5.41, 5.74) is 2.84. The van der Waals surface area contributed by atoms with Gasteiger partial charge in [0.25, 0.3) is 0 Å². The molecule has 2 fully saturated rings. The predicted molar refractivity (Wildman–Crippen MR) is 112 cm³/mol. The van der Waals surface area contributed by atoms with Crippen molar-refractivity contribution in [2.45, 2.75) is 19.0 Å². The van der Waals surface area contributed by atoms with Gasteiger partial charge in [-0.25, -0.2) is 4.79 Å². The Balaban J connectivity index is 1.34. The summed E-state index contributed by atoms with van der Waals surface area (Å²) >= 11 is 0. The van der Waals surface area contributed by atoms with Gasteiger partial charge in [-0.3, -0.25) is 4.79 Å². The maximum Gasteiger partial charge on any atom is 0.319 e. The van der Waals surface area contributed by atoms with Crippen molar-refractivity contribution in [3.63, 3.8) is 0 Å². The summed E-state index contributed by atoms with van der Waals surface area (Å²) in [7, 11) is 0. The van der Waals surface area contributed by atoms with Crippen LogP contribution < -0.4 is 15.5 Å². The van der Waals surface area contributed by atoms with E-state index in [9.17, 15) is 9.59 Å². The Morgan fingerprint density at radius 3 is 2.55 bits per heavy atom. The van der Waals surface area contributed by atoms with E-state index in [-0.39, 0.29) is 18.0 Å². The van der Waals surface area contributed by atoms with E-state index >= 15 is 0 Å². The van der Waals surface area contributed by atoms with E-state index in [1.807, 2.05) is 54.6 Å². The van der Waals surface area contributed by atoms with Crippen LogP contribution in [0.15, 0.2) is 54.6 Å². The highest BCUT2D eigenvalue weighted by molar-refractivity contribution is 5.94. The third kappa shape index (κ3) is 4.86. The summed E-state index contributed by atoms with van der Waals surface area (Å²) in [6.07, 6.45) is 0.325. The smallest absolute Gasteiger partial charge is 0.319 e. The second kappa shape index (κ2) is 8.96. The lowest BCUT2D eigenvalue weighted by Crippen LogP contribution is -2.40. The fraction of sp³-hybridized carbons (Fsp3) is 0.364. The maximum absolute atomic E-state index is 12.6. The van der Waals surface area contributed by atoms with Crippen LogP contribution >= 0.6 is 0 Å². The minimum absolute atomic E-state index is 0.0628. The first kappa shape index (κ1) is 19.3. The van der Waals surface area contributed by atoms with Crippen molar-refractivity contribution in [1.82, 2.24) is 10.2 Å². The number of hydrogen-bond acceptors (Lipinski definition) is 4. The molecule has 7 heteroatoms. The molecule has 7 nitrogen and oxygen atoms in total. The zero-order chi connectivity index (χ0) is 20.1. The molecule has 4 rings (SSSR count). The minimum Gasteiger partial charge on any atom is -0.378 e. The van der Waals surface area contributed by atoms with Crippen LogP contribution in [0.1, 0.15) is 12.0 Å². The van der Waals surface area contributed by atoms with E-state index in [0.717, 1.165) is 30.0 Å². The summed E-state index contributed by atoms with van der Waals surface area (Å²) in [6, 6.07) is 17.2. The molecule has 0 aliphatic carbocycles. The number of amides is 3. The Morgan fingerprint density at radius 1 is 1.03 bits per heavy atom. The Hall–Kier alpha value is -3.06. The molecular formula is C22H26N4O3. The minimum atomic E-state index is -0.287. The number of urea groups is 1. The van der Waals surface area contributed by atoms with Crippen molar-refractivity contribution < 1.29 is 14.3 Å². The molecule has 0 radical (unpaired) electrons. The summed E-state index contributed by atoms with van der Waals surface area (Å²) < 4.78 is 5.42. The lowest BCUT2D eigenvalue weighted by Gasteiger charge is -2.30. The van der Waals surface area contributed by atoms with E-state index in [1.54, 1.807) is 4.90 Å². The van der Waals surface area contributed by atoms with Crippen molar-refractivity contribution in [2.24, 2.45) is 0 Å². The van der Waals surface area contributed by atoms with Gasteiger partial charge in [0.1, 0.15) is 0 Å². The molecule has 0 bridgehead atoms. The fourth-order valence-corrected chi connectivity index (χ4v) is 3.83. The standard InChI is InChI=1S/C22H26N4O3/c27-21-14-18(16-26(21)15-17-6-2-1-3-7-17)23-22(28)24-19-8-4-5-9-20(19)25-10-12-29-13-11-25/h1-9,18H,10-16H2,(H2,23,24,28). The van der Waals surface area contributed by atoms with Crippen LogP contribution in [0.3, 0.4) is 0 Å². The second-order valence-corrected chi connectivity index (χ2v) is 7.38. The molecule has 2 N–H and O–H groups in total. The van der Waals surface area contributed by atoms with Crippen LogP contribution in [0.4, 0.5) is 16.2 Å². The van der Waals surface area contributed by atoms with Gasteiger partial charge in [0.15, 0.2) is 0 Å². The summed E-state index contributed by atoms with van der Waals surface area (Å²) in [5, 5.41) is 5.90. The van der Waals surface area contributed by atoms with Crippen LogP contribution in [-0.2, 0) is 16.1 Å². The molecule has 0 aromatic heterocycles. The first-order chi connectivity index (χ1) is 14.2. The molecule has 2 heterocycles. The molecule has 3 amide bonds. The number of para-hydroxylation sites is 2. The van der Waals surface area contributed by atoms with Gasteiger partial charge >= 0.3 is 6.03 Å². The van der Waals surface area contributed by atoms with E-state index in [2.05, 4.69) is 15.5 Å². The van der Waals surface area contributed by atoms with Crippen molar-refractivity contribution in [3.05, 3.63) is 60.2 Å². The third-order valence-electron chi connectivity index (χ3n) is 5.27. The third-order valence-corrected chi connectivity index (χ3v) is 5.27. The molecule has 1 atom stereocenters. The Morgan fingerprint density at radius 2 is 1.76 bits per heavy atom. The molecule has 152 valence electrons. The van der Waals surface area contributed by atoms with Crippen LogP contribution in [0.2, 0.25) is 0 Å². The quantitative estimate of drug-likeness (QED) is 0.817. The molecule has 29 heavy (non-hydrogen) atoms. The van der Waals surface area contributed by atoms with Gasteiger partial charge in [-0.15, -0.1) is 0 Å². The zero-order valence-electron chi connectivity index (χ0n) is 16.3. The van der Waals surface area contributed by atoms with E-state index < -0.39 is 0 Å². The number of nitrogens with one attached hydrogen (secondary N) is 2. The lowest BCUT2D eigenvalue weighted by atomic mass is 10.2. The predicted octanol–water partition coefficient (Wildman–Crippen LogP) is 2.45. The number of carbonyl (C=O) groups excluding carboxylic acids is 2. The molecule has 2 saturated heterocycles. The van der Waals surface area contributed by atoms with Gasteiger partial charge in [0.2, 0.25) is 5.91 Å². The highest BCUT2D eigenvalue weighted by Gasteiger charge is 2.30.